The van der Waals surface area contributed by atoms with Crippen LogP contribution in [-0.4, -0.2) is 18.3 Å². The molecule has 1 aliphatic heterocycles. The maximum Gasteiger partial charge on any atom is 0.230 e. The Balaban J connectivity index is 2.63. The van der Waals surface area contributed by atoms with Crippen LogP contribution >= 0.6 is 0 Å². The standard InChI is InChI=1S/C4H8N4O/c5-3-2(4(6)9)1-7-8-3/h2,7H,1H2,(H2,5,8)(H2,6,9). The fraction of sp³-hybridized carbons (Fsp3) is 0.500. The van der Waals surface area contributed by atoms with Crippen LogP contribution in [0.2, 0.25) is 0 Å². The maximum absolute atomic E-state index is 10.4. The first-order valence-corrected chi connectivity index (χ1v) is 2.57. The summed E-state index contributed by atoms with van der Waals surface area (Å²) < 4.78 is 0. The molecule has 0 aliphatic carbocycles. The lowest BCUT2D eigenvalue weighted by atomic mass is 10.1. The zero-order valence-corrected chi connectivity index (χ0v) is 4.79. The Hall–Kier alpha value is -1.26. The Bertz CT molecular complexity index is 164. The summed E-state index contributed by atoms with van der Waals surface area (Å²) in [4.78, 5) is 10.4. The highest BCUT2D eigenvalue weighted by molar-refractivity contribution is 6.02. The monoisotopic (exact) mass is 128 g/mol. The number of carbonyl (C=O) groups is 1. The molecule has 0 bridgehead atoms. The minimum absolute atomic E-state index is 0.280. The van der Waals surface area contributed by atoms with E-state index >= 15 is 0 Å². The van der Waals surface area contributed by atoms with Crippen LogP contribution in [0.25, 0.3) is 0 Å². The molecule has 5 nitrogen and oxygen atoms in total. The lowest BCUT2D eigenvalue weighted by Crippen LogP contribution is -2.35. The number of primary amides is 1. The molecule has 0 saturated carbocycles. The Kier molecular flexibility index (Phi) is 1.26. The first kappa shape index (κ1) is 5.87. The van der Waals surface area contributed by atoms with Crippen molar-refractivity contribution < 1.29 is 4.79 Å². The van der Waals surface area contributed by atoms with Crippen LogP contribution < -0.4 is 16.9 Å². The quantitative estimate of drug-likeness (QED) is 0.380. The topological polar surface area (TPSA) is 93.5 Å². The third kappa shape index (κ3) is 0.933. The molecule has 0 fully saturated rings. The summed E-state index contributed by atoms with van der Waals surface area (Å²) in [7, 11) is 0. The molecule has 0 aromatic rings. The molecular weight excluding hydrogens is 120 g/mol. The number of hydrazone groups is 1. The number of hydrogen-bond acceptors (Lipinski definition) is 4. The van der Waals surface area contributed by atoms with E-state index < -0.39 is 11.8 Å². The second-order valence-electron chi connectivity index (χ2n) is 1.85. The Morgan fingerprint density at radius 3 is 2.78 bits per heavy atom. The number of hydrogen-bond donors (Lipinski definition) is 3. The van der Waals surface area contributed by atoms with E-state index in [4.69, 9.17) is 11.5 Å². The van der Waals surface area contributed by atoms with Crippen molar-refractivity contribution in [1.82, 2.24) is 5.43 Å². The molecule has 9 heavy (non-hydrogen) atoms. The van der Waals surface area contributed by atoms with E-state index in [1.54, 1.807) is 0 Å². The highest BCUT2D eigenvalue weighted by atomic mass is 16.1. The van der Waals surface area contributed by atoms with Crippen LogP contribution in [0.5, 0.6) is 0 Å². The van der Waals surface area contributed by atoms with Crippen molar-refractivity contribution >= 4 is 11.7 Å². The van der Waals surface area contributed by atoms with Crippen molar-refractivity contribution in [3.05, 3.63) is 0 Å². The molecule has 1 amide bonds. The lowest BCUT2D eigenvalue weighted by Gasteiger charge is -2.00. The van der Waals surface area contributed by atoms with Crippen molar-refractivity contribution in [1.29, 1.82) is 0 Å². The highest BCUT2D eigenvalue weighted by Crippen LogP contribution is 1.98. The molecule has 1 unspecified atom stereocenters. The molecule has 0 aromatic carbocycles. The van der Waals surface area contributed by atoms with Gasteiger partial charge in [0.2, 0.25) is 5.91 Å². The normalized spacial score (nSPS) is 24.9. The maximum atomic E-state index is 10.4. The van der Waals surface area contributed by atoms with E-state index in [2.05, 4.69) is 10.5 Å². The van der Waals surface area contributed by atoms with Crippen molar-refractivity contribution in [2.45, 2.75) is 0 Å². The fourth-order valence-corrected chi connectivity index (χ4v) is 0.657. The van der Waals surface area contributed by atoms with Crippen LogP contribution in [0.15, 0.2) is 5.10 Å². The molecular formula is C4H8N4O. The summed E-state index contributed by atoms with van der Waals surface area (Å²) in [5.74, 6) is -0.561. The molecule has 5 heteroatoms. The predicted octanol–water partition coefficient (Wildman–Crippen LogP) is -2.04. The van der Waals surface area contributed by atoms with Crippen LogP contribution in [0.4, 0.5) is 0 Å². The van der Waals surface area contributed by atoms with Gasteiger partial charge in [0.25, 0.3) is 0 Å². The predicted molar refractivity (Wildman–Crippen MR) is 32.3 cm³/mol. The molecule has 1 rings (SSSR count). The van der Waals surface area contributed by atoms with Crippen LogP contribution in [0.3, 0.4) is 0 Å². The van der Waals surface area contributed by atoms with Gasteiger partial charge in [0.1, 0.15) is 11.8 Å². The van der Waals surface area contributed by atoms with E-state index in [0.29, 0.717) is 6.54 Å². The molecule has 50 valence electrons. The summed E-state index contributed by atoms with van der Waals surface area (Å²) in [6.07, 6.45) is 0. The summed E-state index contributed by atoms with van der Waals surface area (Å²) in [5, 5.41) is 3.58. The van der Waals surface area contributed by atoms with Gasteiger partial charge >= 0.3 is 0 Å². The first-order chi connectivity index (χ1) is 4.22. The zero-order valence-electron chi connectivity index (χ0n) is 4.79. The Morgan fingerprint density at radius 1 is 1.89 bits per heavy atom. The number of rotatable bonds is 1. The van der Waals surface area contributed by atoms with Crippen LogP contribution in [0.1, 0.15) is 0 Å². The third-order valence-corrected chi connectivity index (χ3v) is 1.20. The number of nitrogens with two attached hydrogens (primary N) is 2. The number of amidine groups is 1. The number of nitrogens with zero attached hydrogens (tertiary/aromatic N) is 1. The molecule has 0 spiro atoms. The van der Waals surface area contributed by atoms with Crippen LogP contribution in [-0.2, 0) is 4.79 Å². The second kappa shape index (κ2) is 1.93. The molecule has 0 saturated heterocycles. The van der Waals surface area contributed by atoms with E-state index in [-0.39, 0.29) is 5.84 Å². The minimum Gasteiger partial charge on any atom is -0.385 e. The smallest absolute Gasteiger partial charge is 0.230 e. The lowest BCUT2D eigenvalue weighted by molar-refractivity contribution is -0.119. The Morgan fingerprint density at radius 2 is 2.56 bits per heavy atom. The van der Waals surface area contributed by atoms with Gasteiger partial charge in [0, 0.05) is 0 Å². The Labute approximate surface area is 52.1 Å². The van der Waals surface area contributed by atoms with E-state index in [0.717, 1.165) is 0 Å². The van der Waals surface area contributed by atoms with Gasteiger partial charge in [-0.25, -0.2) is 0 Å². The molecule has 0 radical (unpaired) electrons. The molecule has 1 atom stereocenters. The van der Waals surface area contributed by atoms with E-state index in [1.165, 1.54) is 0 Å². The van der Waals surface area contributed by atoms with E-state index in [1.807, 2.05) is 0 Å². The van der Waals surface area contributed by atoms with Gasteiger partial charge in [0.15, 0.2) is 0 Å². The van der Waals surface area contributed by atoms with Crippen molar-refractivity contribution in [3.63, 3.8) is 0 Å². The molecule has 1 aliphatic rings. The van der Waals surface area contributed by atoms with Gasteiger partial charge in [0.05, 0.1) is 6.54 Å². The zero-order chi connectivity index (χ0) is 6.85. The van der Waals surface area contributed by atoms with E-state index in [9.17, 15) is 4.79 Å². The van der Waals surface area contributed by atoms with Crippen LogP contribution in [0, 0.1) is 5.92 Å². The summed E-state index contributed by atoms with van der Waals surface area (Å²) in [6, 6.07) is 0. The minimum atomic E-state index is -0.429. The van der Waals surface area contributed by atoms with Gasteiger partial charge in [-0.05, 0) is 0 Å². The first-order valence-electron chi connectivity index (χ1n) is 2.57. The summed E-state index contributed by atoms with van der Waals surface area (Å²) >= 11 is 0. The molecule has 5 N–H and O–H groups in total. The third-order valence-electron chi connectivity index (χ3n) is 1.20. The van der Waals surface area contributed by atoms with Gasteiger partial charge in [-0.2, -0.15) is 5.10 Å². The fourth-order valence-electron chi connectivity index (χ4n) is 0.657. The molecule has 1 heterocycles. The SMILES string of the molecule is NC(=O)C1CNN=C1N. The average molecular weight is 128 g/mol. The number of carbonyl (C=O) groups excluding carboxylic acids is 1. The summed E-state index contributed by atoms with van der Waals surface area (Å²) in [5.41, 5.74) is 12.8. The number of amides is 1. The van der Waals surface area contributed by atoms with Gasteiger partial charge in [-0.3, -0.25) is 4.79 Å². The van der Waals surface area contributed by atoms with Gasteiger partial charge in [-0.1, -0.05) is 0 Å². The van der Waals surface area contributed by atoms with Crippen molar-refractivity contribution in [2.75, 3.05) is 6.54 Å². The number of nitrogens with one attached hydrogen (secondary N) is 1. The largest absolute Gasteiger partial charge is 0.385 e. The summed E-state index contributed by atoms with van der Waals surface area (Å²) in [6.45, 7) is 0.432. The van der Waals surface area contributed by atoms with Gasteiger partial charge < -0.3 is 16.9 Å². The second-order valence-corrected chi connectivity index (χ2v) is 1.85. The highest BCUT2D eigenvalue weighted by Gasteiger charge is 2.23. The van der Waals surface area contributed by atoms with Gasteiger partial charge in [-0.15, -0.1) is 0 Å². The van der Waals surface area contributed by atoms with Crippen molar-refractivity contribution in [3.8, 4) is 0 Å². The molecule has 0 aromatic heterocycles. The van der Waals surface area contributed by atoms with Crippen molar-refractivity contribution in [2.24, 2.45) is 22.5 Å². The average Bonchev–Trinajstić information content (AvgIpc) is 2.13.